The van der Waals surface area contributed by atoms with Crippen molar-refractivity contribution in [3.63, 3.8) is 0 Å². The molecule has 2 aromatic heterocycles. The fraction of sp³-hybridized carbons (Fsp3) is 0. The van der Waals surface area contributed by atoms with E-state index in [-0.39, 0.29) is 5.91 Å². The van der Waals surface area contributed by atoms with E-state index in [0.717, 1.165) is 8.04 Å². The Hall–Kier alpha value is -2.46. The van der Waals surface area contributed by atoms with Crippen LogP contribution in [0.15, 0.2) is 74.2 Å². The molecule has 134 valence electrons. The van der Waals surface area contributed by atoms with E-state index in [0.29, 0.717) is 34.4 Å². The SMILES string of the molecule is O=C(Nc1cccc(-c2nnc(-c3ccco3)o2)c1)c1cc(Br)ccc1I. The van der Waals surface area contributed by atoms with Crippen molar-refractivity contribution in [1.29, 1.82) is 0 Å². The minimum absolute atomic E-state index is 0.195. The van der Waals surface area contributed by atoms with Crippen LogP contribution in [0.2, 0.25) is 0 Å². The second kappa shape index (κ2) is 7.65. The van der Waals surface area contributed by atoms with E-state index in [1.807, 2.05) is 24.3 Å². The molecule has 0 bridgehead atoms. The molecule has 0 spiro atoms. The first-order chi connectivity index (χ1) is 13.1. The van der Waals surface area contributed by atoms with Crippen LogP contribution in [0.4, 0.5) is 5.69 Å². The van der Waals surface area contributed by atoms with Crippen molar-refractivity contribution in [3.05, 3.63) is 74.5 Å². The molecule has 0 radical (unpaired) electrons. The summed E-state index contributed by atoms with van der Waals surface area (Å²) in [5.41, 5.74) is 1.92. The van der Waals surface area contributed by atoms with Gasteiger partial charge in [0.1, 0.15) is 0 Å². The standard InChI is InChI=1S/C19H11BrIN3O3/c20-12-6-7-15(21)14(10-12)17(25)22-13-4-1-3-11(9-13)18-23-24-19(27-18)16-5-2-8-26-16/h1-10H,(H,22,25). The third kappa shape index (κ3) is 3.96. The second-order valence-electron chi connectivity index (χ2n) is 5.55. The molecular formula is C19H11BrIN3O3. The number of nitrogens with one attached hydrogen (secondary N) is 1. The smallest absolute Gasteiger partial charge is 0.283 e. The van der Waals surface area contributed by atoms with E-state index < -0.39 is 0 Å². The minimum atomic E-state index is -0.195. The second-order valence-corrected chi connectivity index (χ2v) is 7.63. The minimum Gasteiger partial charge on any atom is -0.459 e. The molecule has 27 heavy (non-hydrogen) atoms. The van der Waals surface area contributed by atoms with Crippen molar-refractivity contribution < 1.29 is 13.6 Å². The van der Waals surface area contributed by atoms with Gasteiger partial charge in [-0.1, -0.05) is 22.0 Å². The van der Waals surface area contributed by atoms with E-state index in [9.17, 15) is 4.79 Å². The molecule has 0 fully saturated rings. The Morgan fingerprint density at radius 1 is 1.04 bits per heavy atom. The molecule has 1 N–H and O–H groups in total. The average molecular weight is 536 g/mol. The van der Waals surface area contributed by atoms with Crippen LogP contribution in [-0.4, -0.2) is 16.1 Å². The predicted molar refractivity (Wildman–Crippen MR) is 112 cm³/mol. The van der Waals surface area contributed by atoms with Crippen LogP contribution in [0.3, 0.4) is 0 Å². The lowest BCUT2D eigenvalue weighted by Crippen LogP contribution is -2.13. The van der Waals surface area contributed by atoms with Crippen molar-refractivity contribution in [1.82, 2.24) is 10.2 Å². The molecular weight excluding hydrogens is 525 g/mol. The van der Waals surface area contributed by atoms with Crippen molar-refractivity contribution in [2.45, 2.75) is 0 Å². The van der Waals surface area contributed by atoms with Crippen LogP contribution in [-0.2, 0) is 0 Å². The summed E-state index contributed by atoms with van der Waals surface area (Å²) in [7, 11) is 0. The van der Waals surface area contributed by atoms with Gasteiger partial charge in [-0.05, 0) is 71.1 Å². The molecule has 0 aliphatic rings. The molecule has 8 heteroatoms. The number of hydrogen-bond donors (Lipinski definition) is 1. The molecule has 4 rings (SSSR count). The van der Waals surface area contributed by atoms with Gasteiger partial charge in [-0.25, -0.2) is 0 Å². The zero-order valence-corrected chi connectivity index (χ0v) is 17.4. The Bertz CT molecular complexity index is 1110. The van der Waals surface area contributed by atoms with Crippen LogP contribution < -0.4 is 5.32 Å². The van der Waals surface area contributed by atoms with Gasteiger partial charge in [-0.15, -0.1) is 10.2 Å². The summed E-state index contributed by atoms with van der Waals surface area (Å²) in [5, 5.41) is 10.9. The Kier molecular flexibility index (Phi) is 5.08. The molecule has 0 unspecified atom stereocenters. The maximum absolute atomic E-state index is 12.6. The van der Waals surface area contributed by atoms with Crippen LogP contribution in [0.5, 0.6) is 0 Å². The number of nitrogens with zero attached hydrogens (tertiary/aromatic N) is 2. The molecule has 0 aliphatic carbocycles. The lowest BCUT2D eigenvalue weighted by Gasteiger charge is -2.08. The van der Waals surface area contributed by atoms with E-state index in [1.165, 1.54) is 0 Å². The third-order valence-electron chi connectivity index (χ3n) is 3.70. The fourth-order valence-electron chi connectivity index (χ4n) is 2.44. The van der Waals surface area contributed by atoms with Crippen LogP contribution >= 0.6 is 38.5 Å². The van der Waals surface area contributed by atoms with E-state index >= 15 is 0 Å². The van der Waals surface area contributed by atoms with Gasteiger partial charge in [0.25, 0.3) is 11.8 Å². The van der Waals surface area contributed by atoms with Gasteiger partial charge in [0.05, 0.1) is 11.8 Å². The Morgan fingerprint density at radius 2 is 1.89 bits per heavy atom. The highest BCUT2D eigenvalue weighted by molar-refractivity contribution is 14.1. The zero-order chi connectivity index (χ0) is 18.8. The predicted octanol–water partition coefficient (Wildman–Crippen LogP) is 5.62. The maximum Gasteiger partial charge on any atom is 0.283 e. The number of anilines is 1. The quantitative estimate of drug-likeness (QED) is 0.343. The number of rotatable bonds is 4. The molecule has 0 saturated carbocycles. The first-order valence-electron chi connectivity index (χ1n) is 7.84. The normalized spacial score (nSPS) is 10.7. The lowest BCUT2D eigenvalue weighted by molar-refractivity contribution is 0.102. The Balaban J connectivity index is 1.58. The van der Waals surface area contributed by atoms with Crippen molar-refractivity contribution in [3.8, 4) is 23.1 Å². The van der Waals surface area contributed by atoms with Crippen LogP contribution in [0, 0.1) is 3.57 Å². The number of halogens is 2. The van der Waals surface area contributed by atoms with Crippen LogP contribution in [0.25, 0.3) is 23.1 Å². The molecule has 2 heterocycles. The van der Waals surface area contributed by atoms with Gasteiger partial charge < -0.3 is 14.2 Å². The van der Waals surface area contributed by atoms with Gasteiger partial charge in [-0.3, -0.25) is 4.79 Å². The molecule has 0 atom stereocenters. The topological polar surface area (TPSA) is 81.2 Å². The Morgan fingerprint density at radius 3 is 2.70 bits per heavy atom. The molecule has 0 aliphatic heterocycles. The number of furan rings is 1. The Labute approximate surface area is 176 Å². The van der Waals surface area contributed by atoms with E-state index in [2.05, 4.69) is 54.0 Å². The monoisotopic (exact) mass is 535 g/mol. The summed E-state index contributed by atoms with van der Waals surface area (Å²) < 4.78 is 12.6. The molecule has 1 amide bonds. The van der Waals surface area contributed by atoms with Crippen molar-refractivity contribution in [2.24, 2.45) is 0 Å². The zero-order valence-electron chi connectivity index (χ0n) is 13.6. The van der Waals surface area contributed by atoms with Gasteiger partial charge in [0, 0.05) is 19.3 Å². The van der Waals surface area contributed by atoms with E-state index in [1.54, 1.807) is 36.6 Å². The highest BCUT2D eigenvalue weighted by Gasteiger charge is 2.14. The average Bonchev–Trinajstić information content (AvgIpc) is 3.35. The summed E-state index contributed by atoms with van der Waals surface area (Å²) >= 11 is 5.53. The van der Waals surface area contributed by atoms with Crippen LogP contribution in [0.1, 0.15) is 10.4 Å². The molecule has 4 aromatic rings. The highest BCUT2D eigenvalue weighted by atomic mass is 127. The largest absolute Gasteiger partial charge is 0.459 e. The molecule has 0 saturated heterocycles. The molecule has 2 aromatic carbocycles. The maximum atomic E-state index is 12.6. The highest BCUT2D eigenvalue weighted by Crippen LogP contribution is 2.26. The van der Waals surface area contributed by atoms with Crippen molar-refractivity contribution in [2.75, 3.05) is 5.32 Å². The summed E-state index contributed by atoms with van der Waals surface area (Å²) in [6, 6.07) is 16.3. The fourth-order valence-corrected chi connectivity index (χ4v) is 3.38. The number of aromatic nitrogens is 2. The first-order valence-corrected chi connectivity index (χ1v) is 9.71. The summed E-state index contributed by atoms with van der Waals surface area (Å²) in [6.07, 6.45) is 1.54. The summed E-state index contributed by atoms with van der Waals surface area (Å²) in [5.74, 6) is 0.949. The van der Waals surface area contributed by atoms with Gasteiger partial charge >= 0.3 is 0 Å². The summed E-state index contributed by atoms with van der Waals surface area (Å²) in [4.78, 5) is 12.6. The third-order valence-corrected chi connectivity index (χ3v) is 5.13. The number of benzene rings is 2. The number of carbonyl (C=O) groups is 1. The lowest BCUT2D eigenvalue weighted by atomic mass is 10.1. The number of amides is 1. The van der Waals surface area contributed by atoms with Crippen molar-refractivity contribution >= 4 is 50.1 Å². The van der Waals surface area contributed by atoms with E-state index in [4.69, 9.17) is 8.83 Å². The number of hydrogen-bond acceptors (Lipinski definition) is 5. The van der Waals surface area contributed by atoms with Gasteiger partial charge in [-0.2, -0.15) is 0 Å². The van der Waals surface area contributed by atoms with Gasteiger partial charge in [0.15, 0.2) is 5.76 Å². The molecule has 6 nitrogen and oxygen atoms in total. The number of carbonyl (C=O) groups excluding carboxylic acids is 1. The summed E-state index contributed by atoms with van der Waals surface area (Å²) in [6.45, 7) is 0. The van der Waals surface area contributed by atoms with Gasteiger partial charge in [0.2, 0.25) is 5.89 Å². The first kappa shape index (κ1) is 17.9.